The molecule has 2 aromatic heterocycles. The second-order valence-electron chi connectivity index (χ2n) is 6.47. The summed E-state index contributed by atoms with van der Waals surface area (Å²) < 4.78 is 1.83. The van der Waals surface area contributed by atoms with E-state index in [-0.39, 0.29) is 5.91 Å². The van der Waals surface area contributed by atoms with E-state index >= 15 is 0 Å². The normalized spacial score (nSPS) is 17.6. The Kier molecular flexibility index (Phi) is 6.00. The highest BCUT2D eigenvalue weighted by atomic mass is 16.2. The van der Waals surface area contributed by atoms with Crippen LogP contribution < -0.4 is 10.6 Å². The van der Waals surface area contributed by atoms with Gasteiger partial charge in [0.15, 0.2) is 0 Å². The molecular formula is C18H26N6O. The van der Waals surface area contributed by atoms with E-state index in [1.54, 1.807) is 12.4 Å². The van der Waals surface area contributed by atoms with Crippen molar-refractivity contribution in [3.8, 4) is 0 Å². The topological polar surface area (TPSA) is 75.1 Å². The van der Waals surface area contributed by atoms with Gasteiger partial charge in [-0.15, -0.1) is 0 Å². The van der Waals surface area contributed by atoms with Crippen molar-refractivity contribution in [3.05, 3.63) is 36.7 Å². The fraction of sp³-hybridized carbons (Fsp3) is 0.500. The minimum absolute atomic E-state index is 0.0242. The summed E-state index contributed by atoms with van der Waals surface area (Å²) in [6.45, 7) is 6.11. The molecule has 3 rings (SSSR count). The smallest absolute Gasteiger partial charge is 0.239 e. The van der Waals surface area contributed by atoms with Gasteiger partial charge in [0.05, 0.1) is 12.7 Å². The average molecular weight is 342 g/mol. The van der Waals surface area contributed by atoms with Gasteiger partial charge < -0.3 is 10.6 Å². The lowest BCUT2D eigenvalue weighted by molar-refractivity contribution is -0.117. The van der Waals surface area contributed by atoms with Gasteiger partial charge in [-0.1, -0.05) is 13.0 Å². The van der Waals surface area contributed by atoms with E-state index in [0.29, 0.717) is 12.5 Å². The molecule has 1 atom stereocenters. The van der Waals surface area contributed by atoms with Gasteiger partial charge in [0.25, 0.3) is 0 Å². The van der Waals surface area contributed by atoms with Crippen LogP contribution >= 0.6 is 0 Å². The molecule has 25 heavy (non-hydrogen) atoms. The van der Waals surface area contributed by atoms with Gasteiger partial charge in [-0.05, 0) is 37.4 Å². The standard InChI is InChI=1S/C18H26N6O/c1-2-10-24-17(6-9-21-24)22-18(25)14-23-11-7-15(13-23)12-20-16-5-3-4-8-19-16/h3-6,8-9,15H,2,7,10-14H2,1H3,(H,19,20)(H,22,25)/t15-/m0/s1. The number of likely N-dealkylation sites (tertiary alicyclic amines) is 1. The Balaban J connectivity index is 1.41. The largest absolute Gasteiger partial charge is 0.370 e. The molecule has 3 heterocycles. The highest BCUT2D eigenvalue weighted by molar-refractivity contribution is 5.91. The number of hydrogen-bond acceptors (Lipinski definition) is 5. The van der Waals surface area contributed by atoms with Crippen LogP contribution in [0.15, 0.2) is 36.7 Å². The lowest BCUT2D eigenvalue weighted by Gasteiger charge is -2.16. The summed E-state index contributed by atoms with van der Waals surface area (Å²) in [7, 11) is 0. The summed E-state index contributed by atoms with van der Waals surface area (Å²) >= 11 is 0. The van der Waals surface area contributed by atoms with Crippen molar-refractivity contribution in [2.45, 2.75) is 26.3 Å². The number of nitrogens with zero attached hydrogens (tertiary/aromatic N) is 4. The zero-order chi connectivity index (χ0) is 17.5. The Morgan fingerprint density at radius 3 is 3.04 bits per heavy atom. The number of anilines is 2. The van der Waals surface area contributed by atoms with Crippen molar-refractivity contribution in [1.82, 2.24) is 19.7 Å². The van der Waals surface area contributed by atoms with Crippen LogP contribution in [0.2, 0.25) is 0 Å². The average Bonchev–Trinajstić information content (AvgIpc) is 3.24. The van der Waals surface area contributed by atoms with Gasteiger partial charge >= 0.3 is 0 Å². The molecule has 1 aliphatic rings. The van der Waals surface area contributed by atoms with Crippen LogP contribution in [0.3, 0.4) is 0 Å². The summed E-state index contributed by atoms with van der Waals surface area (Å²) in [6, 6.07) is 7.70. The molecule has 0 saturated carbocycles. The van der Waals surface area contributed by atoms with E-state index in [9.17, 15) is 4.79 Å². The first-order chi connectivity index (χ1) is 12.2. The van der Waals surface area contributed by atoms with E-state index in [1.807, 2.05) is 28.9 Å². The quantitative estimate of drug-likeness (QED) is 0.768. The highest BCUT2D eigenvalue weighted by Gasteiger charge is 2.24. The zero-order valence-corrected chi connectivity index (χ0v) is 14.7. The predicted molar refractivity (Wildman–Crippen MR) is 98.4 cm³/mol. The van der Waals surface area contributed by atoms with Crippen molar-refractivity contribution in [1.29, 1.82) is 0 Å². The van der Waals surface area contributed by atoms with Gasteiger partial charge in [0.1, 0.15) is 11.6 Å². The molecule has 0 aliphatic carbocycles. The number of amides is 1. The van der Waals surface area contributed by atoms with Crippen molar-refractivity contribution >= 4 is 17.5 Å². The van der Waals surface area contributed by atoms with Crippen molar-refractivity contribution in [2.75, 3.05) is 36.8 Å². The third-order valence-corrected chi connectivity index (χ3v) is 4.39. The van der Waals surface area contributed by atoms with Crippen molar-refractivity contribution in [2.24, 2.45) is 5.92 Å². The number of nitrogens with one attached hydrogen (secondary N) is 2. The summed E-state index contributed by atoms with van der Waals surface area (Å²) in [6.07, 6.45) is 5.60. The number of rotatable bonds is 8. The SMILES string of the molecule is CCCn1nccc1NC(=O)CN1CC[C@@H](CNc2ccccn2)C1. The fourth-order valence-electron chi connectivity index (χ4n) is 3.15. The van der Waals surface area contributed by atoms with Gasteiger partial charge in [0.2, 0.25) is 5.91 Å². The summed E-state index contributed by atoms with van der Waals surface area (Å²) in [5, 5.41) is 10.6. The number of aryl methyl sites for hydroxylation is 1. The van der Waals surface area contributed by atoms with Gasteiger partial charge in [-0.3, -0.25) is 9.69 Å². The van der Waals surface area contributed by atoms with Gasteiger partial charge in [0, 0.05) is 31.9 Å². The number of hydrogen-bond donors (Lipinski definition) is 2. The zero-order valence-electron chi connectivity index (χ0n) is 14.7. The maximum atomic E-state index is 12.3. The second-order valence-corrected chi connectivity index (χ2v) is 6.47. The molecule has 2 N–H and O–H groups in total. The van der Waals surface area contributed by atoms with E-state index in [2.05, 4.69) is 32.5 Å². The third kappa shape index (κ3) is 5.03. The Bertz CT molecular complexity index is 671. The molecule has 7 heteroatoms. The lowest BCUT2D eigenvalue weighted by Crippen LogP contribution is -2.32. The van der Waals surface area contributed by atoms with Crippen LogP contribution in [-0.4, -0.2) is 51.8 Å². The van der Waals surface area contributed by atoms with Gasteiger partial charge in [-0.2, -0.15) is 5.10 Å². The second kappa shape index (κ2) is 8.62. The number of aromatic nitrogens is 3. The van der Waals surface area contributed by atoms with Crippen LogP contribution in [0, 0.1) is 5.92 Å². The minimum atomic E-state index is 0.0242. The Morgan fingerprint density at radius 1 is 1.32 bits per heavy atom. The molecule has 0 bridgehead atoms. The predicted octanol–water partition coefficient (Wildman–Crippen LogP) is 2.06. The van der Waals surface area contributed by atoms with E-state index in [4.69, 9.17) is 0 Å². The summed E-state index contributed by atoms with van der Waals surface area (Å²) in [5.74, 6) is 2.25. The monoisotopic (exact) mass is 342 g/mol. The van der Waals surface area contributed by atoms with Crippen LogP contribution in [0.4, 0.5) is 11.6 Å². The Labute approximate surface area is 148 Å². The molecule has 0 radical (unpaired) electrons. The number of carbonyl (C=O) groups excluding carboxylic acids is 1. The van der Waals surface area contributed by atoms with E-state index in [1.165, 1.54) is 0 Å². The molecule has 0 aromatic carbocycles. The fourth-order valence-corrected chi connectivity index (χ4v) is 3.15. The molecule has 1 fully saturated rings. The maximum Gasteiger partial charge on any atom is 0.239 e. The molecule has 0 unspecified atom stereocenters. The highest BCUT2D eigenvalue weighted by Crippen LogP contribution is 2.17. The molecule has 1 aliphatic heterocycles. The van der Waals surface area contributed by atoms with Crippen LogP contribution in [0.5, 0.6) is 0 Å². The lowest BCUT2D eigenvalue weighted by atomic mass is 10.1. The van der Waals surface area contributed by atoms with Crippen LogP contribution in [0.1, 0.15) is 19.8 Å². The van der Waals surface area contributed by atoms with Crippen LogP contribution in [-0.2, 0) is 11.3 Å². The Morgan fingerprint density at radius 2 is 2.24 bits per heavy atom. The summed E-state index contributed by atoms with van der Waals surface area (Å²) in [5.41, 5.74) is 0. The third-order valence-electron chi connectivity index (χ3n) is 4.39. The first-order valence-corrected chi connectivity index (χ1v) is 8.93. The first kappa shape index (κ1) is 17.4. The van der Waals surface area contributed by atoms with E-state index < -0.39 is 0 Å². The van der Waals surface area contributed by atoms with Crippen molar-refractivity contribution < 1.29 is 4.79 Å². The Hall–Kier alpha value is -2.41. The van der Waals surface area contributed by atoms with E-state index in [0.717, 1.165) is 50.7 Å². The molecule has 2 aromatic rings. The van der Waals surface area contributed by atoms with Crippen LogP contribution in [0.25, 0.3) is 0 Å². The number of pyridine rings is 1. The molecule has 134 valence electrons. The molecule has 0 spiro atoms. The molecular weight excluding hydrogens is 316 g/mol. The maximum absolute atomic E-state index is 12.3. The first-order valence-electron chi connectivity index (χ1n) is 8.93. The minimum Gasteiger partial charge on any atom is -0.370 e. The van der Waals surface area contributed by atoms with Gasteiger partial charge in [-0.25, -0.2) is 9.67 Å². The molecule has 7 nitrogen and oxygen atoms in total. The molecule has 1 amide bonds. The number of carbonyl (C=O) groups is 1. The summed E-state index contributed by atoms with van der Waals surface area (Å²) in [4.78, 5) is 18.8. The van der Waals surface area contributed by atoms with Crippen molar-refractivity contribution in [3.63, 3.8) is 0 Å². The molecule has 1 saturated heterocycles.